The lowest BCUT2D eigenvalue weighted by atomic mass is 10.2. The van der Waals surface area contributed by atoms with Crippen LogP contribution >= 0.6 is 0 Å². The monoisotopic (exact) mass is 174 g/mol. The average Bonchev–Trinajstić information content (AvgIpc) is 2.38. The molecule has 0 saturated carbocycles. The van der Waals surface area contributed by atoms with Gasteiger partial charge in [0.1, 0.15) is 0 Å². The second-order valence-corrected chi connectivity index (χ2v) is 3.61. The van der Waals surface area contributed by atoms with Crippen LogP contribution in [0.5, 0.6) is 0 Å². The van der Waals surface area contributed by atoms with Crippen molar-refractivity contribution in [3.63, 3.8) is 0 Å². The topological polar surface area (TPSA) is 17.3 Å². The average molecular weight is 174 g/mol. The van der Waals surface area contributed by atoms with Gasteiger partial charge in [0.15, 0.2) is 0 Å². The first-order chi connectivity index (χ1) is 6.11. The smallest absolute Gasteiger partial charge is 0.0696 e. The molecule has 13 heavy (non-hydrogen) atoms. The number of nitrogens with zero attached hydrogens (tertiary/aromatic N) is 2. The summed E-state index contributed by atoms with van der Waals surface area (Å²) < 4.78 is 2.03. The van der Waals surface area contributed by atoms with Crippen LogP contribution in [0.1, 0.15) is 22.5 Å². The third-order valence-corrected chi connectivity index (χ3v) is 2.78. The zero-order chi connectivity index (χ0) is 9.59. The van der Waals surface area contributed by atoms with Gasteiger partial charge in [-0.3, -0.25) is 0 Å². The summed E-state index contributed by atoms with van der Waals surface area (Å²) in [6.07, 6.45) is 0. The van der Waals surface area contributed by atoms with Crippen molar-refractivity contribution in [1.29, 1.82) is 0 Å². The SMILES string of the molecule is Cc1ccc2c(C)c(C)nn2c1C. The molecule has 2 aromatic rings. The van der Waals surface area contributed by atoms with Crippen LogP contribution in [0.4, 0.5) is 0 Å². The van der Waals surface area contributed by atoms with Crippen molar-refractivity contribution >= 4 is 5.52 Å². The van der Waals surface area contributed by atoms with Crippen molar-refractivity contribution < 1.29 is 0 Å². The van der Waals surface area contributed by atoms with Crippen molar-refractivity contribution in [2.24, 2.45) is 0 Å². The molecule has 0 aliphatic carbocycles. The quantitative estimate of drug-likeness (QED) is 0.600. The van der Waals surface area contributed by atoms with Crippen LogP contribution < -0.4 is 0 Å². The lowest BCUT2D eigenvalue weighted by Gasteiger charge is -2.02. The van der Waals surface area contributed by atoms with Gasteiger partial charge in [-0.1, -0.05) is 6.07 Å². The van der Waals surface area contributed by atoms with E-state index in [-0.39, 0.29) is 0 Å². The highest BCUT2D eigenvalue weighted by Crippen LogP contribution is 2.17. The third-order valence-electron chi connectivity index (χ3n) is 2.78. The van der Waals surface area contributed by atoms with Gasteiger partial charge in [0.05, 0.1) is 11.2 Å². The molecule has 0 bridgehead atoms. The number of rotatable bonds is 0. The standard InChI is InChI=1S/C11H14N2/c1-7-5-6-11-8(2)9(3)12-13(11)10(7)4/h5-6H,1-4H3. The number of fused-ring (bicyclic) bond motifs is 1. The number of hydrogen-bond donors (Lipinski definition) is 0. The van der Waals surface area contributed by atoms with Crippen molar-refractivity contribution in [3.05, 3.63) is 34.6 Å². The molecule has 0 saturated heterocycles. The molecule has 0 amide bonds. The number of aromatic nitrogens is 2. The largest absolute Gasteiger partial charge is 0.237 e. The third kappa shape index (κ3) is 1.05. The van der Waals surface area contributed by atoms with Gasteiger partial charge in [-0.2, -0.15) is 5.10 Å². The number of hydrogen-bond acceptors (Lipinski definition) is 1. The highest BCUT2D eigenvalue weighted by atomic mass is 15.2. The first-order valence-corrected chi connectivity index (χ1v) is 4.53. The minimum Gasteiger partial charge on any atom is -0.237 e. The Balaban J connectivity index is 2.94. The van der Waals surface area contributed by atoms with E-state index in [1.165, 1.54) is 22.3 Å². The Morgan fingerprint density at radius 1 is 1.08 bits per heavy atom. The summed E-state index contributed by atoms with van der Waals surface area (Å²) in [5, 5.41) is 4.49. The van der Waals surface area contributed by atoms with E-state index in [1.807, 2.05) is 4.52 Å². The van der Waals surface area contributed by atoms with Gasteiger partial charge in [0.25, 0.3) is 0 Å². The first-order valence-electron chi connectivity index (χ1n) is 4.53. The van der Waals surface area contributed by atoms with E-state index >= 15 is 0 Å². The summed E-state index contributed by atoms with van der Waals surface area (Å²) in [5.74, 6) is 0. The Hall–Kier alpha value is -1.31. The van der Waals surface area contributed by atoms with Gasteiger partial charge in [0, 0.05) is 5.69 Å². The maximum absolute atomic E-state index is 4.49. The van der Waals surface area contributed by atoms with Crippen molar-refractivity contribution in [2.45, 2.75) is 27.7 Å². The second kappa shape index (κ2) is 2.59. The van der Waals surface area contributed by atoms with E-state index < -0.39 is 0 Å². The van der Waals surface area contributed by atoms with Crippen LogP contribution in [0.25, 0.3) is 5.52 Å². The van der Waals surface area contributed by atoms with E-state index in [1.54, 1.807) is 0 Å². The first kappa shape index (κ1) is 8.30. The molecule has 0 spiro atoms. The maximum Gasteiger partial charge on any atom is 0.0696 e. The molecule has 0 unspecified atom stereocenters. The van der Waals surface area contributed by atoms with E-state index in [4.69, 9.17) is 0 Å². The Morgan fingerprint density at radius 2 is 1.77 bits per heavy atom. The lowest BCUT2D eigenvalue weighted by Crippen LogP contribution is -1.95. The predicted molar refractivity (Wildman–Crippen MR) is 54.1 cm³/mol. The number of aryl methyl sites for hydroxylation is 4. The zero-order valence-electron chi connectivity index (χ0n) is 8.55. The van der Waals surface area contributed by atoms with E-state index in [0.717, 1.165) is 5.69 Å². The minimum absolute atomic E-state index is 1.12. The Kier molecular flexibility index (Phi) is 1.65. The molecule has 0 atom stereocenters. The maximum atomic E-state index is 4.49. The van der Waals surface area contributed by atoms with Crippen molar-refractivity contribution in [1.82, 2.24) is 9.61 Å². The molecule has 0 aliphatic rings. The molecule has 2 nitrogen and oxygen atoms in total. The van der Waals surface area contributed by atoms with Gasteiger partial charge in [-0.15, -0.1) is 0 Å². The van der Waals surface area contributed by atoms with Crippen LogP contribution in [0.15, 0.2) is 12.1 Å². The molecule has 2 heteroatoms. The molecule has 0 aliphatic heterocycles. The second-order valence-electron chi connectivity index (χ2n) is 3.61. The highest BCUT2D eigenvalue weighted by Gasteiger charge is 2.06. The summed E-state index contributed by atoms with van der Waals surface area (Å²) in [7, 11) is 0. The Morgan fingerprint density at radius 3 is 2.46 bits per heavy atom. The van der Waals surface area contributed by atoms with E-state index in [2.05, 4.69) is 44.9 Å². The van der Waals surface area contributed by atoms with Crippen LogP contribution in [0.2, 0.25) is 0 Å². The van der Waals surface area contributed by atoms with Gasteiger partial charge >= 0.3 is 0 Å². The molecule has 2 aromatic heterocycles. The predicted octanol–water partition coefficient (Wildman–Crippen LogP) is 2.57. The summed E-state index contributed by atoms with van der Waals surface area (Å²) in [6.45, 7) is 8.39. The molecule has 68 valence electrons. The number of pyridine rings is 1. The van der Waals surface area contributed by atoms with E-state index in [9.17, 15) is 0 Å². The molecular formula is C11H14N2. The summed E-state index contributed by atoms with van der Waals surface area (Å²) in [4.78, 5) is 0. The molecule has 0 aromatic carbocycles. The molecule has 2 heterocycles. The molecular weight excluding hydrogens is 160 g/mol. The van der Waals surface area contributed by atoms with Gasteiger partial charge in [0.2, 0.25) is 0 Å². The summed E-state index contributed by atoms with van der Waals surface area (Å²) >= 11 is 0. The van der Waals surface area contributed by atoms with Gasteiger partial charge in [-0.25, -0.2) is 4.52 Å². The highest BCUT2D eigenvalue weighted by molar-refractivity contribution is 5.57. The Bertz CT molecular complexity index is 466. The summed E-state index contributed by atoms with van der Waals surface area (Å²) in [5.41, 5.74) is 6.14. The normalized spacial score (nSPS) is 11.1. The molecule has 0 radical (unpaired) electrons. The fraction of sp³-hybridized carbons (Fsp3) is 0.364. The van der Waals surface area contributed by atoms with Gasteiger partial charge in [-0.05, 0) is 44.9 Å². The summed E-state index contributed by atoms with van der Waals surface area (Å²) in [6, 6.07) is 4.29. The zero-order valence-corrected chi connectivity index (χ0v) is 8.55. The van der Waals surface area contributed by atoms with Crippen LogP contribution in [-0.4, -0.2) is 9.61 Å². The van der Waals surface area contributed by atoms with Crippen LogP contribution in [0, 0.1) is 27.7 Å². The van der Waals surface area contributed by atoms with E-state index in [0.29, 0.717) is 0 Å². The minimum atomic E-state index is 1.12. The Labute approximate surface area is 78.2 Å². The fourth-order valence-corrected chi connectivity index (χ4v) is 1.57. The molecule has 0 fully saturated rings. The van der Waals surface area contributed by atoms with Crippen LogP contribution in [-0.2, 0) is 0 Å². The van der Waals surface area contributed by atoms with Crippen molar-refractivity contribution in [2.75, 3.05) is 0 Å². The fourth-order valence-electron chi connectivity index (χ4n) is 1.57. The lowest BCUT2D eigenvalue weighted by molar-refractivity contribution is 0.883. The molecule has 0 N–H and O–H groups in total. The molecule has 2 rings (SSSR count). The van der Waals surface area contributed by atoms with Crippen molar-refractivity contribution in [3.8, 4) is 0 Å². The van der Waals surface area contributed by atoms with Crippen LogP contribution in [0.3, 0.4) is 0 Å². The van der Waals surface area contributed by atoms with Gasteiger partial charge < -0.3 is 0 Å².